The number of carbonyl (C=O) groups excluding carboxylic acids is 2. The maximum atomic E-state index is 11.7. The van der Waals surface area contributed by atoms with Crippen LogP contribution in [0.2, 0.25) is 0 Å². The van der Waals surface area contributed by atoms with E-state index in [0.717, 1.165) is 17.5 Å². The lowest BCUT2D eigenvalue weighted by molar-refractivity contribution is 0.0526. The van der Waals surface area contributed by atoms with Gasteiger partial charge in [-0.05, 0) is 31.5 Å². The highest BCUT2D eigenvalue weighted by Gasteiger charge is 2.12. The summed E-state index contributed by atoms with van der Waals surface area (Å²) in [4.78, 5) is 27.6. The fraction of sp³-hybridized carbons (Fsp3) is 0.400. The molecular weight excluding hydrogens is 304 g/mol. The minimum absolute atomic E-state index is 0.329. The third kappa shape index (κ3) is 4.17. The molecule has 7 heteroatoms. The molecule has 2 rings (SSSR count). The van der Waals surface area contributed by atoms with Gasteiger partial charge in [0.1, 0.15) is 0 Å². The number of nitrogens with zero attached hydrogens (tertiary/aromatic N) is 1. The van der Waals surface area contributed by atoms with Crippen LogP contribution in [0.1, 0.15) is 37.0 Å². The first-order chi connectivity index (χ1) is 10.6. The lowest BCUT2D eigenvalue weighted by Crippen LogP contribution is -2.13. The van der Waals surface area contributed by atoms with E-state index in [0.29, 0.717) is 29.4 Å². The highest BCUT2D eigenvalue weighted by molar-refractivity contribution is 7.22. The number of hydrogen-bond acceptors (Lipinski definition) is 6. The van der Waals surface area contributed by atoms with Gasteiger partial charge in [-0.3, -0.25) is 5.32 Å². The van der Waals surface area contributed by atoms with E-state index >= 15 is 0 Å². The quantitative estimate of drug-likeness (QED) is 0.646. The van der Waals surface area contributed by atoms with Crippen LogP contribution in [-0.4, -0.2) is 30.3 Å². The number of aromatic nitrogens is 1. The molecule has 6 nitrogen and oxygen atoms in total. The number of fused-ring (bicyclic) bond motifs is 1. The van der Waals surface area contributed by atoms with Gasteiger partial charge in [-0.1, -0.05) is 24.7 Å². The van der Waals surface area contributed by atoms with Crippen LogP contribution in [0.4, 0.5) is 9.93 Å². The Morgan fingerprint density at radius 2 is 2.09 bits per heavy atom. The first-order valence-corrected chi connectivity index (χ1v) is 7.97. The van der Waals surface area contributed by atoms with Gasteiger partial charge >= 0.3 is 12.1 Å². The number of ether oxygens (including phenoxy) is 2. The first-order valence-electron chi connectivity index (χ1n) is 7.15. The van der Waals surface area contributed by atoms with Crippen molar-refractivity contribution in [1.82, 2.24) is 4.98 Å². The Kier molecular flexibility index (Phi) is 5.71. The summed E-state index contributed by atoms with van der Waals surface area (Å²) in [6.45, 7) is 4.50. The lowest BCUT2D eigenvalue weighted by Gasteiger charge is -2.02. The van der Waals surface area contributed by atoms with Crippen LogP contribution >= 0.6 is 11.3 Å². The molecule has 22 heavy (non-hydrogen) atoms. The van der Waals surface area contributed by atoms with Crippen molar-refractivity contribution in [3.63, 3.8) is 0 Å². The molecule has 0 bridgehead atoms. The van der Waals surface area contributed by atoms with E-state index in [2.05, 4.69) is 10.3 Å². The third-order valence-corrected chi connectivity index (χ3v) is 3.77. The van der Waals surface area contributed by atoms with Gasteiger partial charge in [0.2, 0.25) is 0 Å². The molecule has 1 N–H and O–H groups in total. The standard InChI is InChI=1S/C15H18N2O4S/c1-3-5-8-21-15(19)17-14-16-11-7-6-10(9-12(11)22-14)13(18)20-4-2/h6-7,9H,3-5,8H2,1-2H3,(H,16,17,19). The van der Waals surface area contributed by atoms with Crippen LogP contribution in [0.3, 0.4) is 0 Å². The van der Waals surface area contributed by atoms with E-state index in [4.69, 9.17) is 9.47 Å². The molecule has 0 aliphatic carbocycles. The fourth-order valence-electron chi connectivity index (χ4n) is 1.75. The molecule has 0 saturated heterocycles. The summed E-state index contributed by atoms with van der Waals surface area (Å²) >= 11 is 1.28. The zero-order valence-electron chi connectivity index (χ0n) is 12.5. The Labute approximate surface area is 132 Å². The molecule has 0 aliphatic heterocycles. The van der Waals surface area contributed by atoms with Gasteiger partial charge in [0.05, 0.1) is 29.0 Å². The predicted octanol–water partition coefficient (Wildman–Crippen LogP) is 3.82. The SMILES string of the molecule is CCCCOC(=O)Nc1nc2ccc(C(=O)OCC)cc2s1. The maximum absolute atomic E-state index is 11.7. The van der Waals surface area contributed by atoms with E-state index in [9.17, 15) is 9.59 Å². The van der Waals surface area contributed by atoms with Crippen molar-refractivity contribution in [2.45, 2.75) is 26.7 Å². The van der Waals surface area contributed by atoms with Crippen LogP contribution in [0.25, 0.3) is 10.2 Å². The highest BCUT2D eigenvalue weighted by atomic mass is 32.1. The molecule has 0 unspecified atom stereocenters. The number of thiazole rings is 1. The van der Waals surface area contributed by atoms with Crippen LogP contribution in [0.5, 0.6) is 0 Å². The average molecular weight is 322 g/mol. The van der Waals surface area contributed by atoms with Crippen molar-refractivity contribution in [3.05, 3.63) is 23.8 Å². The van der Waals surface area contributed by atoms with Gasteiger partial charge in [-0.2, -0.15) is 0 Å². The Balaban J connectivity index is 2.07. The number of anilines is 1. The van der Waals surface area contributed by atoms with Crippen molar-refractivity contribution < 1.29 is 19.1 Å². The lowest BCUT2D eigenvalue weighted by atomic mass is 10.2. The van der Waals surface area contributed by atoms with Crippen LogP contribution in [-0.2, 0) is 9.47 Å². The van der Waals surface area contributed by atoms with Crippen LogP contribution in [0.15, 0.2) is 18.2 Å². The summed E-state index contributed by atoms with van der Waals surface area (Å²) < 4.78 is 10.8. The van der Waals surface area contributed by atoms with E-state index in [-0.39, 0.29) is 5.97 Å². The van der Waals surface area contributed by atoms with E-state index in [1.54, 1.807) is 25.1 Å². The smallest absolute Gasteiger partial charge is 0.413 e. The molecule has 2 aromatic rings. The van der Waals surface area contributed by atoms with Crippen molar-refractivity contribution in [3.8, 4) is 0 Å². The minimum Gasteiger partial charge on any atom is -0.462 e. The van der Waals surface area contributed by atoms with Gasteiger partial charge in [0.15, 0.2) is 5.13 Å². The summed E-state index contributed by atoms with van der Waals surface area (Å²) in [5, 5.41) is 3.04. The van der Waals surface area contributed by atoms with Gasteiger partial charge in [-0.25, -0.2) is 14.6 Å². The first kappa shape index (κ1) is 16.2. The molecule has 118 valence electrons. The second kappa shape index (κ2) is 7.74. The van der Waals surface area contributed by atoms with Crippen molar-refractivity contribution in [2.75, 3.05) is 18.5 Å². The number of carbonyl (C=O) groups is 2. The molecule has 0 saturated carbocycles. The van der Waals surface area contributed by atoms with Gasteiger partial charge in [-0.15, -0.1) is 0 Å². The monoisotopic (exact) mass is 322 g/mol. The summed E-state index contributed by atoms with van der Waals surface area (Å²) in [6.07, 6.45) is 1.28. The molecule has 1 aromatic heterocycles. The fourth-order valence-corrected chi connectivity index (χ4v) is 2.64. The van der Waals surface area contributed by atoms with E-state index in [1.165, 1.54) is 11.3 Å². The van der Waals surface area contributed by atoms with Crippen molar-refractivity contribution in [1.29, 1.82) is 0 Å². The number of benzene rings is 1. The number of nitrogens with one attached hydrogen (secondary N) is 1. The zero-order valence-corrected chi connectivity index (χ0v) is 13.4. The van der Waals surface area contributed by atoms with Gasteiger partial charge < -0.3 is 9.47 Å². The van der Waals surface area contributed by atoms with Crippen LogP contribution < -0.4 is 5.32 Å². The minimum atomic E-state index is -0.516. The Bertz CT molecular complexity index is 669. The molecule has 0 aliphatic rings. The third-order valence-electron chi connectivity index (χ3n) is 2.84. The number of hydrogen-bond donors (Lipinski definition) is 1. The number of rotatable bonds is 6. The molecule has 0 spiro atoms. The maximum Gasteiger partial charge on any atom is 0.413 e. The summed E-state index contributed by atoms with van der Waals surface area (Å²) in [5.41, 5.74) is 1.18. The molecule has 1 heterocycles. The second-order valence-electron chi connectivity index (χ2n) is 4.54. The predicted molar refractivity (Wildman–Crippen MR) is 85.5 cm³/mol. The molecule has 0 fully saturated rings. The van der Waals surface area contributed by atoms with E-state index in [1.807, 2.05) is 6.92 Å². The number of unbranched alkanes of at least 4 members (excludes halogenated alkanes) is 1. The van der Waals surface area contributed by atoms with Crippen molar-refractivity contribution >= 4 is 38.7 Å². The normalized spacial score (nSPS) is 10.5. The molecule has 1 aromatic carbocycles. The number of amides is 1. The largest absolute Gasteiger partial charge is 0.462 e. The Morgan fingerprint density at radius 3 is 2.82 bits per heavy atom. The summed E-state index contributed by atoms with van der Waals surface area (Å²) in [6, 6.07) is 5.09. The second-order valence-corrected chi connectivity index (χ2v) is 5.57. The molecule has 0 atom stereocenters. The zero-order chi connectivity index (χ0) is 15.9. The summed E-state index contributed by atoms with van der Waals surface area (Å²) in [5.74, 6) is -0.369. The van der Waals surface area contributed by atoms with Crippen LogP contribution in [0, 0.1) is 0 Å². The topological polar surface area (TPSA) is 77.5 Å². The molecule has 1 amide bonds. The molecular formula is C15H18N2O4S. The summed E-state index contributed by atoms with van der Waals surface area (Å²) in [7, 11) is 0. The Hall–Kier alpha value is -2.15. The van der Waals surface area contributed by atoms with Crippen molar-refractivity contribution in [2.24, 2.45) is 0 Å². The highest BCUT2D eigenvalue weighted by Crippen LogP contribution is 2.27. The van der Waals surface area contributed by atoms with Gasteiger partial charge in [0, 0.05) is 0 Å². The average Bonchev–Trinajstić information content (AvgIpc) is 2.88. The Morgan fingerprint density at radius 1 is 1.27 bits per heavy atom. The molecule has 0 radical (unpaired) electrons. The van der Waals surface area contributed by atoms with Gasteiger partial charge in [0.25, 0.3) is 0 Å². The van der Waals surface area contributed by atoms with E-state index < -0.39 is 6.09 Å². The number of esters is 1.